The predicted molar refractivity (Wildman–Crippen MR) is 57.9 cm³/mol. The van der Waals surface area contributed by atoms with Crippen LogP contribution in [0.3, 0.4) is 0 Å². The number of likely N-dealkylation sites (N-methyl/N-ethyl adjacent to an activating group) is 1. The van der Waals surface area contributed by atoms with Gasteiger partial charge in [-0.3, -0.25) is 0 Å². The number of allylic oxidation sites excluding steroid dienone is 1. The molecule has 1 unspecified atom stereocenters. The Morgan fingerprint density at radius 3 is 2.62 bits per heavy atom. The van der Waals surface area contributed by atoms with Gasteiger partial charge in [-0.25, -0.2) is 4.99 Å². The minimum Gasteiger partial charge on any atom is -0.357 e. The Bertz CT molecular complexity index is 238. The average Bonchev–Trinajstić information content (AvgIpc) is 2.09. The van der Waals surface area contributed by atoms with Crippen LogP contribution in [-0.2, 0) is 0 Å². The second-order valence-corrected chi connectivity index (χ2v) is 3.99. The molecule has 2 nitrogen and oxygen atoms in total. The minimum atomic E-state index is 0.537. The van der Waals surface area contributed by atoms with Crippen LogP contribution in [0.5, 0.6) is 0 Å². The van der Waals surface area contributed by atoms with Gasteiger partial charge < -0.3 is 4.90 Å². The standard InChI is InChI=1S/C11H20N2/c1-6-10-7-11(8(2)3)12-9(4)13(10)5/h7-8,10H,6H2,1-5H3. The summed E-state index contributed by atoms with van der Waals surface area (Å²) < 4.78 is 0. The van der Waals surface area contributed by atoms with E-state index in [1.54, 1.807) is 0 Å². The summed E-state index contributed by atoms with van der Waals surface area (Å²) in [5.74, 6) is 1.68. The average molecular weight is 180 g/mol. The van der Waals surface area contributed by atoms with E-state index in [0.29, 0.717) is 12.0 Å². The van der Waals surface area contributed by atoms with Crippen LogP contribution in [0.1, 0.15) is 34.1 Å². The first-order valence-electron chi connectivity index (χ1n) is 5.06. The molecule has 0 amide bonds. The molecule has 0 saturated carbocycles. The predicted octanol–water partition coefficient (Wildman–Crippen LogP) is 2.67. The van der Waals surface area contributed by atoms with Crippen molar-refractivity contribution in [3.63, 3.8) is 0 Å². The number of aliphatic imine (C=N–C) groups is 1. The van der Waals surface area contributed by atoms with Crippen LogP contribution in [0.2, 0.25) is 0 Å². The lowest BCUT2D eigenvalue weighted by molar-refractivity contribution is 0.399. The zero-order chi connectivity index (χ0) is 10.0. The lowest BCUT2D eigenvalue weighted by atomic mass is 10.0. The highest BCUT2D eigenvalue weighted by Gasteiger charge is 2.18. The molecule has 1 heterocycles. The molecule has 0 aromatic rings. The van der Waals surface area contributed by atoms with Crippen molar-refractivity contribution in [1.29, 1.82) is 0 Å². The number of rotatable bonds is 2. The molecule has 0 fully saturated rings. The van der Waals surface area contributed by atoms with Crippen LogP contribution in [-0.4, -0.2) is 23.8 Å². The monoisotopic (exact) mass is 180 g/mol. The van der Waals surface area contributed by atoms with Crippen molar-refractivity contribution in [3.05, 3.63) is 11.8 Å². The van der Waals surface area contributed by atoms with Gasteiger partial charge in [0.15, 0.2) is 0 Å². The van der Waals surface area contributed by atoms with Crippen LogP contribution in [0.4, 0.5) is 0 Å². The number of hydrogen-bond donors (Lipinski definition) is 0. The number of amidine groups is 1. The van der Waals surface area contributed by atoms with Gasteiger partial charge in [-0.2, -0.15) is 0 Å². The van der Waals surface area contributed by atoms with Crippen LogP contribution >= 0.6 is 0 Å². The van der Waals surface area contributed by atoms with Gasteiger partial charge in [0, 0.05) is 18.8 Å². The molecule has 0 aromatic heterocycles. The highest BCUT2D eigenvalue weighted by atomic mass is 15.2. The summed E-state index contributed by atoms with van der Waals surface area (Å²) in [5.41, 5.74) is 1.24. The fraction of sp³-hybridized carbons (Fsp3) is 0.727. The second-order valence-electron chi connectivity index (χ2n) is 3.99. The van der Waals surface area contributed by atoms with E-state index in [2.05, 4.69) is 50.7 Å². The molecule has 0 bridgehead atoms. The van der Waals surface area contributed by atoms with E-state index < -0.39 is 0 Å². The maximum Gasteiger partial charge on any atom is 0.101 e. The van der Waals surface area contributed by atoms with E-state index in [4.69, 9.17) is 0 Å². The first-order chi connectivity index (χ1) is 6.06. The normalized spacial score (nSPS) is 23.2. The lowest BCUT2D eigenvalue weighted by Gasteiger charge is -2.31. The molecule has 0 aromatic carbocycles. The Morgan fingerprint density at radius 2 is 2.15 bits per heavy atom. The van der Waals surface area contributed by atoms with Crippen molar-refractivity contribution in [2.45, 2.75) is 40.2 Å². The van der Waals surface area contributed by atoms with Crippen LogP contribution in [0.15, 0.2) is 16.8 Å². The molecule has 0 spiro atoms. The van der Waals surface area contributed by atoms with E-state index in [0.717, 1.165) is 12.3 Å². The van der Waals surface area contributed by atoms with Crippen molar-refractivity contribution in [2.24, 2.45) is 10.9 Å². The molecule has 1 atom stereocenters. The number of hydrogen-bond acceptors (Lipinski definition) is 2. The third kappa shape index (κ3) is 2.11. The van der Waals surface area contributed by atoms with Gasteiger partial charge in [0.25, 0.3) is 0 Å². The van der Waals surface area contributed by atoms with Gasteiger partial charge in [0.1, 0.15) is 5.84 Å². The maximum atomic E-state index is 4.56. The summed E-state index contributed by atoms with van der Waals surface area (Å²) in [7, 11) is 2.11. The van der Waals surface area contributed by atoms with Gasteiger partial charge >= 0.3 is 0 Å². The van der Waals surface area contributed by atoms with Gasteiger partial charge in [-0.15, -0.1) is 0 Å². The Balaban J connectivity index is 2.89. The first kappa shape index (κ1) is 10.3. The molecule has 0 radical (unpaired) electrons. The van der Waals surface area contributed by atoms with Gasteiger partial charge in [-0.1, -0.05) is 20.8 Å². The Morgan fingerprint density at radius 1 is 1.54 bits per heavy atom. The number of nitrogens with zero attached hydrogens (tertiary/aromatic N) is 2. The molecule has 1 aliphatic rings. The smallest absolute Gasteiger partial charge is 0.101 e. The fourth-order valence-electron chi connectivity index (χ4n) is 1.57. The Kier molecular flexibility index (Phi) is 3.12. The molecular weight excluding hydrogens is 160 g/mol. The zero-order valence-electron chi connectivity index (χ0n) is 9.33. The van der Waals surface area contributed by atoms with Crippen LogP contribution in [0, 0.1) is 5.92 Å². The van der Waals surface area contributed by atoms with E-state index in [-0.39, 0.29) is 0 Å². The van der Waals surface area contributed by atoms with Crippen molar-refractivity contribution >= 4 is 5.84 Å². The largest absolute Gasteiger partial charge is 0.357 e. The fourth-order valence-corrected chi connectivity index (χ4v) is 1.57. The molecule has 0 N–H and O–H groups in total. The van der Waals surface area contributed by atoms with E-state index >= 15 is 0 Å². The molecule has 74 valence electrons. The highest BCUT2D eigenvalue weighted by molar-refractivity contribution is 5.82. The Labute approximate surface area is 81.3 Å². The summed E-state index contributed by atoms with van der Waals surface area (Å²) >= 11 is 0. The summed E-state index contributed by atoms with van der Waals surface area (Å²) in [6.45, 7) is 8.69. The summed E-state index contributed by atoms with van der Waals surface area (Å²) in [4.78, 5) is 6.81. The summed E-state index contributed by atoms with van der Waals surface area (Å²) in [5, 5.41) is 0. The van der Waals surface area contributed by atoms with Gasteiger partial charge in [-0.05, 0) is 25.3 Å². The first-order valence-corrected chi connectivity index (χ1v) is 5.06. The summed E-state index contributed by atoms with van der Waals surface area (Å²) in [6, 6.07) is 0.537. The van der Waals surface area contributed by atoms with Crippen molar-refractivity contribution in [1.82, 2.24) is 4.90 Å². The highest BCUT2D eigenvalue weighted by Crippen LogP contribution is 2.20. The van der Waals surface area contributed by atoms with E-state index in [9.17, 15) is 0 Å². The topological polar surface area (TPSA) is 15.6 Å². The molecule has 1 rings (SSSR count). The Hall–Kier alpha value is -0.790. The van der Waals surface area contributed by atoms with Crippen molar-refractivity contribution in [2.75, 3.05) is 7.05 Å². The van der Waals surface area contributed by atoms with E-state index in [1.807, 2.05) is 0 Å². The molecule has 0 saturated heterocycles. The zero-order valence-corrected chi connectivity index (χ0v) is 9.33. The minimum absolute atomic E-state index is 0.537. The quantitative estimate of drug-likeness (QED) is 0.638. The van der Waals surface area contributed by atoms with Crippen LogP contribution in [0.25, 0.3) is 0 Å². The molecule has 1 aliphatic heterocycles. The molecular formula is C11H20N2. The van der Waals surface area contributed by atoms with Crippen molar-refractivity contribution < 1.29 is 0 Å². The molecule has 13 heavy (non-hydrogen) atoms. The van der Waals surface area contributed by atoms with Gasteiger partial charge in [0.05, 0.1) is 0 Å². The molecule has 0 aliphatic carbocycles. The maximum absolute atomic E-state index is 4.56. The lowest BCUT2D eigenvalue weighted by Crippen LogP contribution is -2.36. The third-order valence-electron chi connectivity index (χ3n) is 2.67. The third-order valence-corrected chi connectivity index (χ3v) is 2.67. The van der Waals surface area contributed by atoms with Gasteiger partial charge in [0.2, 0.25) is 0 Å². The summed E-state index contributed by atoms with van der Waals surface area (Å²) in [6.07, 6.45) is 3.44. The van der Waals surface area contributed by atoms with E-state index in [1.165, 1.54) is 5.70 Å². The SMILES string of the molecule is CCC1C=C(C(C)C)N=C(C)N1C. The second kappa shape index (κ2) is 3.95. The van der Waals surface area contributed by atoms with Crippen molar-refractivity contribution in [3.8, 4) is 0 Å². The van der Waals surface area contributed by atoms with Crippen LogP contribution < -0.4 is 0 Å². The molecule has 2 heteroatoms.